The number of piperazine rings is 1. The van der Waals surface area contributed by atoms with Crippen LogP contribution in [0.25, 0.3) is 0 Å². The second-order valence-electron chi connectivity index (χ2n) is 5.59. The molecule has 1 aromatic carbocycles. The smallest absolute Gasteiger partial charge is 0.255 e. The summed E-state index contributed by atoms with van der Waals surface area (Å²) in [5.41, 5.74) is 1.87. The van der Waals surface area contributed by atoms with E-state index in [0.29, 0.717) is 18.7 Å². The van der Waals surface area contributed by atoms with Crippen LogP contribution in [0.1, 0.15) is 35.3 Å². The van der Waals surface area contributed by atoms with Crippen LogP contribution in [-0.2, 0) is 4.79 Å². The zero-order chi connectivity index (χ0) is 14.2. The zero-order valence-electron chi connectivity index (χ0n) is 11.9. The number of aryl methyl sites for hydroxylation is 2. The van der Waals surface area contributed by atoms with Crippen molar-refractivity contribution in [2.45, 2.75) is 33.2 Å². The van der Waals surface area contributed by atoms with Crippen LogP contribution in [0.2, 0.25) is 0 Å². The number of carbonyl (C=O) groups is 2. The molecule has 0 unspecified atom stereocenters. The molecule has 0 spiro atoms. The van der Waals surface area contributed by atoms with Crippen molar-refractivity contribution in [3.05, 3.63) is 34.9 Å². The first-order valence-electron chi connectivity index (χ1n) is 6.51. The molecule has 1 N–H and O–H groups in total. The van der Waals surface area contributed by atoms with E-state index in [1.807, 2.05) is 32.0 Å². The van der Waals surface area contributed by atoms with Crippen LogP contribution in [0.3, 0.4) is 0 Å². The van der Waals surface area contributed by atoms with E-state index >= 15 is 0 Å². The Morgan fingerprint density at radius 3 is 2.68 bits per heavy atom. The summed E-state index contributed by atoms with van der Waals surface area (Å²) in [6.07, 6.45) is 0. The van der Waals surface area contributed by atoms with Crippen molar-refractivity contribution in [1.29, 1.82) is 0 Å². The molecule has 2 amide bonds. The third-order valence-corrected chi connectivity index (χ3v) is 3.72. The first kappa shape index (κ1) is 13.6. The fourth-order valence-electron chi connectivity index (χ4n) is 2.37. The molecule has 0 aromatic heterocycles. The Kier molecular flexibility index (Phi) is 3.35. The van der Waals surface area contributed by atoms with E-state index in [4.69, 9.17) is 0 Å². The van der Waals surface area contributed by atoms with Gasteiger partial charge in [-0.1, -0.05) is 17.7 Å². The molecule has 1 saturated heterocycles. The highest BCUT2D eigenvalue weighted by atomic mass is 16.2. The van der Waals surface area contributed by atoms with Crippen molar-refractivity contribution in [3.63, 3.8) is 0 Å². The Morgan fingerprint density at radius 2 is 2.00 bits per heavy atom. The second kappa shape index (κ2) is 4.68. The first-order chi connectivity index (χ1) is 8.84. The number of nitrogens with zero attached hydrogens (tertiary/aromatic N) is 1. The van der Waals surface area contributed by atoms with E-state index in [0.717, 1.165) is 11.1 Å². The van der Waals surface area contributed by atoms with Gasteiger partial charge >= 0.3 is 0 Å². The molecular formula is C15H20N2O2. The number of amides is 2. The van der Waals surface area contributed by atoms with E-state index in [1.165, 1.54) is 0 Å². The summed E-state index contributed by atoms with van der Waals surface area (Å²) in [7, 11) is 0. The van der Waals surface area contributed by atoms with Gasteiger partial charge in [-0.05, 0) is 39.3 Å². The van der Waals surface area contributed by atoms with Crippen LogP contribution in [0.4, 0.5) is 0 Å². The minimum absolute atomic E-state index is 0.0685. The molecule has 1 aliphatic heterocycles. The third kappa shape index (κ3) is 2.35. The molecule has 0 radical (unpaired) electrons. The minimum atomic E-state index is -0.800. The van der Waals surface area contributed by atoms with Gasteiger partial charge in [-0.2, -0.15) is 0 Å². The number of carbonyl (C=O) groups excluding carboxylic acids is 2. The Hall–Kier alpha value is -1.84. The molecule has 0 aliphatic carbocycles. The third-order valence-electron chi connectivity index (χ3n) is 3.72. The molecule has 19 heavy (non-hydrogen) atoms. The average molecular weight is 260 g/mol. The minimum Gasteiger partial charge on any atom is -0.352 e. The van der Waals surface area contributed by atoms with Gasteiger partial charge in [0.25, 0.3) is 5.91 Å². The molecule has 1 aromatic rings. The van der Waals surface area contributed by atoms with Gasteiger partial charge in [0.05, 0.1) is 0 Å². The molecule has 2 rings (SSSR count). The SMILES string of the molecule is Cc1ccc(C)c(C(=O)N2CCNC(=O)C2(C)C)c1. The van der Waals surface area contributed by atoms with Gasteiger partial charge in [0.15, 0.2) is 0 Å². The van der Waals surface area contributed by atoms with Crippen LogP contribution in [0.15, 0.2) is 18.2 Å². The highest BCUT2D eigenvalue weighted by molar-refractivity contribution is 6.00. The lowest BCUT2D eigenvalue weighted by atomic mass is 9.96. The Bertz CT molecular complexity index is 535. The van der Waals surface area contributed by atoms with Gasteiger partial charge in [-0.3, -0.25) is 9.59 Å². The zero-order valence-corrected chi connectivity index (χ0v) is 11.9. The number of benzene rings is 1. The van der Waals surface area contributed by atoms with Crippen molar-refractivity contribution in [2.75, 3.05) is 13.1 Å². The number of hydrogen-bond donors (Lipinski definition) is 1. The summed E-state index contributed by atoms with van der Waals surface area (Å²) in [5, 5.41) is 2.80. The molecule has 0 bridgehead atoms. The summed E-state index contributed by atoms with van der Waals surface area (Å²) in [4.78, 5) is 26.2. The van der Waals surface area contributed by atoms with Crippen LogP contribution in [0, 0.1) is 13.8 Å². The van der Waals surface area contributed by atoms with Gasteiger partial charge in [0.2, 0.25) is 5.91 Å². The normalized spacial score (nSPS) is 18.1. The molecule has 1 fully saturated rings. The summed E-state index contributed by atoms with van der Waals surface area (Å²) < 4.78 is 0. The summed E-state index contributed by atoms with van der Waals surface area (Å²) >= 11 is 0. The lowest BCUT2D eigenvalue weighted by Crippen LogP contribution is -2.63. The van der Waals surface area contributed by atoms with Gasteiger partial charge in [0.1, 0.15) is 5.54 Å². The average Bonchev–Trinajstić information content (AvgIpc) is 2.35. The maximum absolute atomic E-state index is 12.7. The maximum Gasteiger partial charge on any atom is 0.255 e. The van der Waals surface area contributed by atoms with E-state index < -0.39 is 5.54 Å². The van der Waals surface area contributed by atoms with Gasteiger partial charge in [-0.15, -0.1) is 0 Å². The molecule has 4 nitrogen and oxygen atoms in total. The molecule has 0 atom stereocenters. The molecular weight excluding hydrogens is 240 g/mol. The van der Waals surface area contributed by atoms with Crippen molar-refractivity contribution >= 4 is 11.8 Å². The Morgan fingerprint density at radius 1 is 1.32 bits per heavy atom. The maximum atomic E-state index is 12.7. The van der Waals surface area contributed by atoms with Crippen LogP contribution >= 0.6 is 0 Å². The summed E-state index contributed by atoms with van der Waals surface area (Å²) in [6, 6.07) is 5.82. The Labute approximate surface area is 113 Å². The number of rotatable bonds is 1. The van der Waals surface area contributed by atoms with Gasteiger partial charge < -0.3 is 10.2 Å². The molecule has 1 heterocycles. The van der Waals surface area contributed by atoms with Gasteiger partial charge in [0, 0.05) is 18.7 Å². The standard InChI is InChI=1S/C15H20N2O2/c1-10-5-6-11(2)12(9-10)13(18)17-8-7-16-14(19)15(17,3)4/h5-6,9H,7-8H2,1-4H3,(H,16,19). The predicted molar refractivity (Wildman–Crippen MR) is 74.0 cm³/mol. The highest BCUT2D eigenvalue weighted by Gasteiger charge is 2.40. The van der Waals surface area contributed by atoms with Crippen LogP contribution < -0.4 is 5.32 Å². The topological polar surface area (TPSA) is 49.4 Å². The van der Waals surface area contributed by atoms with Crippen LogP contribution in [0.5, 0.6) is 0 Å². The van der Waals surface area contributed by atoms with E-state index in [-0.39, 0.29) is 11.8 Å². The molecule has 4 heteroatoms. The van der Waals surface area contributed by atoms with Gasteiger partial charge in [-0.25, -0.2) is 0 Å². The monoisotopic (exact) mass is 260 g/mol. The molecule has 102 valence electrons. The summed E-state index contributed by atoms with van der Waals surface area (Å²) in [5.74, 6) is -0.168. The van der Waals surface area contributed by atoms with E-state index in [1.54, 1.807) is 18.7 Å². The van der Waals surface area contributed by atoms with Crippen molar-refractivity contribution in [2.24, 2.45) is 0 Å². The van der Waals surface area contributed by atoms with E-state index in [9.17, 15) is 9.59 Å². The lowest BCUT2D eigenvalue weighted by Gasteiger charge is -2.41. The fourth-order valence-corrected chi connectivity index (χ4v) is 2.37. The number of hydrogen-bond acceptors (Lipinski definition) is 2. The Balaban J connectivity index is 2.38. The van der Waals surface area contributed by atoms with E-state index in [2.05, 4.69) is 5.32 Å². The lowest BCUT2D eigenvalue weighted by molar-refractivity contribution is -0.133. The van der Waals surface area contributed by atoms with Crippen molar-refractivity contribution in [1.82, 2.24) is 10.2 Å². The second-order valence-corrected chi connectivity index (χ2v) is 5.59. The van der Waals surface area contributed by atoms with Crippen LogP contribution in [-0.4, -0.2) is 35.3 Å². The predicted octanol–water partition coefficient (Wildman–Crippen LogP) is 1.65. The quantitative estimate of drug-likeness (QED) is 0.834. The fraction of sp³-hybridized carbons (Fsp3) is 0.467. The van der Waals surface area contributed by atoms with Crippen molar-refractivity contribution in [3.8, 4) is 0 Å². The number of nitrogens with one attached hydrogen (secondary N) is 1. The van der Waals surface area contributed by atoms with Crippen molar-refractivity contribution < 1.29 is 9.59 Å². The first-order valence-corrected chi connectivity index (χ1v) is 6.51. The largest absolute Gasteiger partial charge is 0.352 e. The molecule has 0 saturated carbocycles. The summed E-state index contributed by atoms with van der Waals surface area (Å²) in [6.45, 7) is 8.51. The highest BCUT2D eigenvalue weighted by Crippen LogP contribution is 2.22. The molecule has 1 aliphatic rings.